The smallest absolute Gasteiger partial charge is 0.224 e. The topological polar surface area (TPSA) is 72.9 Å². The third kappa shape index (κ3) is 4.96. The van der Waals surface area contributed by atoms with Crippen molar-refractivity contribution in [1.29, 1.82) is 0 Å². The molecular weight excluding hydrogens is 335 g/mol. The molecular formula is C16H22Cl2N4O. The summed E-state index contributed by atoms with van der Waals surface area (Å²) in [6, 6.07) is 7.90. The minimum atomic E-state index is 0. The summed E-state index contributed by atoms with van der Waals surface area (Å²) in [6.45, 7) is 0. The second-order valence-electron chi connectivity index (χ2n) is 5.62. The molecule has 1 heterocycles. The Hall–Kier alpha value is -1.56. The van der Waals surface area contributed by atoms with Gasteiger partial charge in [0.25, 0.3) is 0 Å². The molecule has 0 aliphatic heterocycles. The fraction of sp³-hybridized carbons (Fsp3) is 0.375. The number of hydrogen-bond donors (Lipinski definition) is 2. The standard InChI is InChI=1S/C16H20N4O.2ClH/c17-15-3-1-2-12(15)10-16(21)19-13-4-6-14(7-5-13)20-9-8-18-11-20;;/h4-9,11-12,15H,1-3,10,17H2,(H,19,21);2*1H/t12-,15+;;/m0../s1. The summed E-state index contributed by atoms with van der Waals surface area (Å²) < 4.78 is 1.92. The molecule has 126 valence electrons. The fourth-order valence-electron chi connectivity index (χ4n) is 2.90. The van der Waals surface area contributed by atoms with E-state index in [1.807, 2.05) is 35.0 Å². The normalized spacial score (nSPS) is 19.5. The van der Waals surface area contributed by atoms with Crippen LogP contribution in [0.1, 0.15) is 25.7 Å². The first kappa shape index (κ1) is 19.5. The molecule has 0 radical (unpaired) electrons. The van der Waals surface area contributed by atoms with Crippen molar-refractivity contribution >= 4 is 36.4 Å². The van der Waals surface area contributed by atoms with Gasteiger partial charge < -0.3 is 15.6 Å². The lowest BCUT2D eigenvalue weighted by Gasteiger charge is -2.14. The average molecular weight is 357 g/mol. The van der Waals surface area contributed by atoms with E-state index < -0.39 is 0 Å². The molecule has 1 fully saturated rings. The van der Waals surface area contributed by atoms with E-state index in [0.717, 1.165) is 30.6 Å². The Bertz CT molecular complexity index is 601. The minimum Gasteiger partial charge on any atom is -0.327 e. The first-order chi connectivity index (χ1) is 10.2. The quantitative estimate of drug-likeness (QED) is 0.883. The van der Waals surface area contributed by atoms with Crippen molar-refractivity contribution in [3.05, 3.63) is 43.0 Å². The van der Waals surface area contributed by atoms with Crippen molar-refractivity contribution in [2.45, 2.75) is 31.7 Å². The second-order valence-corrected chi connectivity index (χ2v) is 5.62. The Morgan fingerprint density at radius 1 is 1.26 bits per heavy atom. The van der Waals surface area contributed by atoms with Gasteiger partial charge in [-0.1, -0.05) is 6.42 Å². The van der Waals surface area contributed by atoms with E-state index in [2.05, 4.69) is 10.3 Å². The van der Waals surface area contributed by atoms with Gasteiger partial charge in [0.1, 0.15) is 0 Å². The zero-order chi connectivity index (χ0) is 14.7. The number of carbonyl (C=O) groups excluding carboxylic acids is 1. The van der Waals surface area contributed by atoms with Crippen molar-refractivity contribution in [3.8, 4) is 5.69 Å². The number of anilines is 1. The van der Waals surface area contributed by atoms with Crippen molar-refractivity contribution in [2.24, 2.45) is 11.7 Å². The Labute approximate surface area is 148 Å². The predicted octanol–water partition coefficient (Wildman–Crippen LogP) is 3.17. The maximum atomic E-state index is 12.0. The number of carbonyl (C=O) groups is 1. The lowest BCUT2D eigenvalue weighted by Crippen LogP contribution is -2.28. The summed E-state index contributed by atoms with van der Waals surface area (Å²) >= 11 is 0. The number of nitrogens with zero attached hydrogens (tertiary/aromatic N) is 2. The monoisotopic (exact) mass is 356 g/mol. The van der Waals surface area contributed by atoms with Crippen LogP contribution in [0.4, 0.5) is 5.69 Å². The predicted molar refractivity (Wildman–Crippen MR) is 96.6 cm³/mol. The summed E-state index contributed by atoms with van der Waals surface area (Å²) in [5.74, 6) is 0.378. The van der Waals surface area contributed by atoms with Gasteiger partial charge in [0.15, 0.2) is 0 Å². The second kappa shape index (κ2) is 8.91. The first-order valence-electron chi connectivity index (χ1n) is 7.36. The molecule has 1 aliphatic carbocycles. The molecule has 1 aromatic heterocycles. The molecule has 23 heavy (non-hydrogen) atoms. The molecule has 5 nitrogen and oxygen atoms in total. The summed E-state index contributed by atoms with van der Waals surface area (Å²) in [5.41, 5.74) is 7.84. The van der Waals surface area contributed by atoms with Gasteiger partial charge >= 0.3 is 0 Å². The Kier molecular flexibility index (Phi) is 7.55. The number of aromatic nitrogens is 2. The van der Waals surface area contributed by atoms with Crippen LogP contribution >= 0.6 is 24.8 Å². The van der Waals surface area contributed by atoms with Crippen LogP contribution in [0.2, 0.25) is 0 Å². The summed E-state index contributed by atoms with van der Waals surface area (Å²) in [6.07, 6.45) is 9.12. The molecule has 0 bridgehead atoms. The van der Waals surface area contributed by atoms with Crippen LogP contribution in [0.5, 0.6) is 0 Å². The molecule has 1 amide bonds. The van der Waals surface area contributed by atoms with E-state index >= 15 is 0 Å². The highest BCUT2D eigenvalue weighted by atomic mass is 35.5. The van der Waals surface area contributed by atoms with Crippen molar-refractivity contribution in [3.63, 3.8) is 0 Å². The number of imidazole rings is 1. The first-order valence-corrected chi connectivity index (χ1v) is 7.36. The Morgan fingerprint density at radius 2 is 2.00 bits per heavy atom. The van der Waals surface area contributed by atoms with Gasteiger partial charge in [-0.25, -0.2) is 4.98 Å². The number of nitrogens with one attached hydrogen (secondary N) is 1. The Morgan fingerprint density at radius 3 is 2.57 bits per heavy atom. The van der Waals surface area contributed by atoms with Crippen molar-refractivity contribution < 1.29 is 4.79 Å². The molecule has 0 unspecified atom stereocenters. The lowest BCUT2D eigenvalue weighted by molar-refractivity contribution is -0.117. The molecule has 1 aromatic carbocycles. The highest BCUT2D eigenvalue weighted by molar-refractivity contribution is 5.91. The van der Waals surface area contributed by atoms with Gasteiger partial charge in [0.05, 0.1) is 6.33 Å². The van der Waals surface area contributed by atoms with Gasteiger partial charge in [0.2, 0.25) is 5.91 Å². The number of nitrogens with two attached hydrogens (primary N) is 1. The number of hydrogen-bond acceptors (Lipinski definition) is 3. The third-order valence-corrected chi connectivity index (χ3v) is 4.12. The fourth-order valence-corrected chi connectivity index (χ4v) is 2.90. The molecule has 7 heteroatoms. The van der Waals surface area contributed by atoms with E-state index in [-0.39, 0.29) is 36.8 Å². The van der Waals surface area contributed by atoms with Crippen LogP contribution in [-0.2, 0) is 4.79 Å². The van der Waals surface area contributed by atoms with Crippen molar-refractivity contribution in [2.75, 3.05) is 5.32 Å². The van der Waals surface area contributed by atoms with Crippen LogP contribution in [-0.4, -0.2) is 21.5 Å². The summed E-state index contributed by atoms with van der Waals surface area (Å²) in [5, 5.41) is 2.94. The van der Waals surface area contributed by atoms with Crippen LogP contribution in [0.25, 0.3) is 5.69 Å². The van der Waals surface area contributed by atoms with E-state index in [4.69, 9.17) is 5.73 Å². The highest BCUT2D eigenvalue weighted by Crippen LogP contribution is 2.27. The van der Waals surface area contributed by atoms with Gasteiger partial charge in [-0.15, -0.1) is 24.8 Å². The Balaban J connectivity index is 0.00000132. The molecule has 0 saturated heterocycles. The number of rotatable bonds is 4. The largest absolute Gasteiger partial charge is 0.327 e. The molecule has 1 aliphatic rings. The van der Waals surface area contributed by atoms with E-state index in [1.54, 1.807) is 12.5 Å². The van der Waals surface area contributed by atoms with Crippen LogP contribution in [0.15, 0.2) is 43.0 Å². The third-order valence-electron chi connectivity index (χ3n) is 4.12. The molecule has 3 N–H and O–H groups in total. The average Bonchev–Trinajstić information content (AvgIpc) is 3.12. The maximum absolute atomic E-state index is 12.0. The van der Waals surface area contributed by atoms with Crippen LogP contribution in [0.3, 0.4) is 0 Å². The van der Waals surface area contributed by atoms with E-state index in [9.17, 15) is 4.79 Å². The molecule has 0 spiro atoms. The lowest BCUT2D eigenvalue weighted by atomic mass is 10.00. The number of halogens is 2. The molecule has 1 saturated carbocycles. The molecule has 2 atom stereocenters. The van der Waals surface area contributed by atoms with Gasteiger partial charge in [-0.3, -0.25) is 4.79 Å². The summed E-state index contributed by atoms with van der Waals surface area (Å²) in [4.78, 5) is 16.1. The van der Waals surface area contributed by atoms with Crippen molar-refractivity contribution in [1.82, 2.24) is 9.55 Å². The zero-order valence-electron chi connectivity index (χ0n) is 12.7. The van der Waals surface area contributed by atoms with Gasteiger partial charge in [-0.2, -0.15) is 0 Å². The van der Waals surface area contributed by atoms with Crippen LogP contribution < -0.4 is 11.1 Å². The van der Waals surface area contributed by atoms with E-state index in [0.29, 0.717) is 12.3 Å². The van der Waals surface area contributed by atoms with Gasteiger partial charge in [0, 0.05) is 36.2 Å². The highest BCUT2D eigenvalue weighted by Gasteiger charge is 2.25. The summed E-state index contributed by atoms with van der Waals surface area (Å²) in [7, 11) is 0. The van der Waals surface area contributed by atoms with Gasteiger partial charge in [-0.05, 0) is 43.0 Å². The zero-order valence-corrected chi connectivity index (χ0v) is 14.4. The van der Waals surface area contributed by atoms with Crippen LogP contribution in [0, 0.1) is 5.92 Å². The molecule has 2 aromatic rings. The SMILES string of the molecule is Cl.Cl.N[C@@H]1CCC[C@H]1CC(=O)Nc1ccc(-n2ccnc2)cc1. The number of amides is 1. The molecule has 3 rings (SSSR count). The number of benzene rings is 1. The maximum Gasteiger partial charge on any atom is 0.224 e. The van der Waals surface area contributed by atoms with E-state index in [1.165, 1.54) is 0 Å². The minimum absolute atomic E-state index is 0.